The number of hydrogen-bond acceptors (Lipinski definition) is 3. The standard InChI is InChI=1S/C14H13F3N2O/c15-14(16,17)20-12-6-4-9(5-7-12)13(19)10-2-1-3-11(18)8-10/h1-8,13H,18-19H2. The smallest absolute Gasteiger partial charge is 0.406 e. The first-order valence-electron chi connectivity index (χ1n) is 5.82. The van der Waals surface area contributed by atoms with Gasteiger partial charge in [-0.3, -0.25) is 0 Å². The van der Waals surface area contributed by atoms with E-state index < -0.39 is 12.4 Å². The third-order valence-electron chi connectivity index (χ3n) is 2.74. The Morgan fingerprint density at radius 1 is 0.950 bits per heavy atom. The number of alkyl halides is 3. The molecule has 2 aromatic rings. The fraction of sp³-hybridized carbons (Fsp3) is 0.143. The summed E-state index contributed by atoms with van der Waals surface area (Å²) in [7, 11) is 0. The maximum absolute atomic E-state index is 12.0. The zero-order valence-corrected chi connectivity index (χ0v) is 10.4. The van der Waals surface area contributed by atoms with Gasteiger partial charge in [0, 0.05) is 5.69 Å². The van der Waals surface area contributed by atoms with Gasteiger partial charge >= 0.3 is 6.36 Å². The van der Waals surface area contributed by atoms with Crippen molar-refractivity contribution in [3.63, 3.8) is 0 Å². The number of hydrogen-bond donors (Lipinski definition) is 2. The highest BCUT2D eigenvalue weighted by Crippen LogP contribution is 2.26. The van der Waals surface area contributed by atoms with Crippen molar-refractivity contribution in [2.75, 3.05) is 5.73 Å². The van der Waals surface area contributed by atoms with Crippen LogP contribution in [0.1, 0.15) is 17.2 Å². The van der Waals surface area contributed by atoms with Crippen molar-refractivity contribution in [3.05, 3.63) is 59.7 Å². The van der Waals surface area contributed by atoms with Gasteiger partial charge in [-0.2, -0.15) is 0 Å². The van der Waals surface area contributed by atoms with Crippen LogP contribution in [0, 0.1) is 0 Å². The monoisotopic (exact) mass is 282 g/mol. The lowest BCUT2D eigenvalue weighted by atomic mass is 9.99. The topological polar surface area (TPSA) is 61.3 Å². The molecule has 3 nitrogen and oxygen atoms in total. The van der Waals surface area contributed by atoms with E-state index in [4.69, 9.17) is 11.5 Å². The van der Waals surface area contributed by atoms with Crippen LogP contribution in [-0.2, 0) is 0 Å². The second kappa shape index (κ2) is 5.42. The van der Waals surface area contributed by atoms with Crippen LogP contribution in [0.5, 0.6) is 5.75 Å². The van der Waals surface area contributed by atoms with Crippen LogP contribution in [0.2, 0.25) is 0 Å². The Labute approximate surface area is 114 Å². The number of nitrogen functional groups attached to an aromatic ring is 1. The highest BCUT2D eigenvalue weighted by Gasteiger charge is 2.31. The fourth-order valence-corrected chi connectivity index (χ4v) is 1.82. The molecule has 0 saturated heterocycles. The lowest BCUT2D eigenvalue weighted by molar-refractivity contribution is -0.274. The van der Waals surface area contributed by atoms with Gasteiger partial charge in [-0.15, -0.1) is 13.2 Å². The Bertz CT molecular complexity index is 582. The van der Waals surface area contributed by atoms with Crippen LogP contribution in [0.25, 0.3) is 0 Å². The van der Waals surface area contributed by atoms with Crippen molar-refractivity contribution in [1.82, 2.24) is 0 Å². The summed E-state index contributed by atoms with van der Waals surface area (Å²) in [5, 5.41) is 0. The van der Waals surface area contributed by atoms with Crippen LogP contribution in [0.15, 0.2) is 48.5 Å². The lowest BCUT2D eigenvalue weighted by Gasteiger charge is -2.14. The molecular weight excluding hydrogens is 269 g/mol. The molecular formula is C14H13F3N2O. The molecule has 0 saturated carbocycles. The summed E-state index contributed by atoms with van der Waals surface area (Å²) in [6.07, 6.45) is -4.70. The maximum Gasteiger partial charge on any atom is 0.573 e. The van der Waals surface area contributed by atoms with E-state index in [0.29, 0.717) is 11.3 Å². The van der Waals surface area contributed by atoms with E-state index in [1.165, 1.54) is 24.3 Å². The highest BCUT2D eigenvalue weighted by atomic mass is 19.4. The largest absolute Gasteiger partial charge is 0.573 e. The molecule has 2 aromatic carbocycles. The molecule has 0 fully saturated rings. The first-order valence-corrected chi connectivity index (χ1v) is 5.82. The van der Waals surface area contributed by atoms with Crippen molar-refractivity contribution in [2.24, 2.45) is 5.73 Å². The molecule has 6 heteroatoms. The Balaban J connectivity index is 2.17. The number of ether oxygens (including phenoxy) is 1. The number of halogens is 3. The SMILES string of the molecule is Nc1cccc(C(N)c2ccc(OC(F)(F)F)cc2)c1. The van der Waals surface area contributed by atoms with Gasteiger partial charge in [0.1, 0.15) is 5.75 Å². The molecule has 20 heavy (non-hydrogen) atoms. The van der Waals surface area contributed by atoms with Gasteiger partial charge in [0.15, 0.2) is 0 Å². The van der Waals surface area contributed by atoms with Crippen molar-refractivity contribution in [1.29, 1.82) is 0 Å². The van der Waals surface area contributed by atoms with E-state index >= 15 is 0 Å². The summed E-state index contributed by atoms with van der Waals surface area (Å²) in [6, 6.07) is 12.0. The molecule has 0 aliphatic rings. The lowest BCUT2D eigenvalue weighted by Crippen LogP contribution is -2.17. The van der Waals surface area contributed by atoms with Gasteiger partial charge in [0.05, 0.1) is 6.04 Å². The molecule has 1 atom stereocenters. The molecule has 0 bridgehead atoms. The maximum atomic E-state index is 12.0. The van der Waals surface area contributed by atoms with Crippen LogP contribution in [-0.4, -0.2) is 6.36 Å². The normalized spacial score (nSPS) is 13.0. The zero-order chi connectivity index (χ0) is 14.8. The van der Waals surface area contributed by atoms with E-state index in [2.05, 4.69) is 4.74 Å². The van der Waals surface area contributed by atoms with Crippen LogP contribution in [0.3, 0.4) is 0 Å². The molecule has 4 N–H and O–H groups in total. The molecule has 0 amide bonds. The molecule has 106 valence electrons. The highest BCUT2D eigenvalue weighted by molar-refractivity contribution is 5.44. The van der Waals surface area contributed by atoms with Crippen LogP contribution < -0.4 is 16.2 Å². The van der Waals surface area contributed by atoms with Gasteiger partial charge in [-0.05, 0) is 35.4 Å². The molecule has 1 unspecified atom stereocenters. The van der Waals surface area contributed by atoms with E-state index in [-0.39, 0.29) is 5.75 Å². The van der Waals surface area contributed by atoms with Gasteiger partial charge in [-0.1, -0.05) is 24.3 Å². The Morgan fingerprint density at radius 2 is 1.60 bits per heavy atom. The van der Waals surface area contributed by atoms with Gasteiger partial charge in [0.2, 0.25) is 0 Å². The molecule has 0 aliphatic carbocycles. The van der Waals surface area contributed by atoms with Gasteiger partial charge in [-0.25, -0.2) is 0 Å². The first-order chi connectivity index (χ1) is 9.35. The van der Waals surface area contributed by atoms with Gasteiger partial charge < -0.3 is 16.2 Å². The molecule has 0 aromatic heterocycles. The summed E-state index contributed by atoms with van der Waals surface area (Å²) in [6.45, 7) is 0. The average Bonchev–Trinajstić information content (AvgIpc) is 2.37. The van der Waals surface area contributed by atoms with E-state index in [1.54, 1.807) is 24.3 Å². The number of anilines is 1. The van der Waals surface area contributed by atoms with Crippen molar-refractivity contribution < 1.29 is 17.9 Å². The van der Waals surface area contributed by atoms with E-state index in [1.807, 2.05) is 0 Å². The minimum absolute atomic E-state index is 0.277. The summed E-state index contributed by atoms with van der Waals surface area (Å²) in [5.41, 5.74) is 13.7. The molecule has 0 spiro atoms. The Kier molecular flexibility index (Phi) is 3.85. The van der Waals surface area contributed by atoms with Crippen LogP contribution in [0.4, 0.5) is 18.9 Å². The molecule has 2 rings (SSSR count). The number of benzene rings is 2. The summed E-state index contributed by atoms with van der Waals surface area (Å²) >= 11 is 0. The summed E-state index contributed by atoms with van der Waals surface area (Å²) < 4.78 is 39.9. The van der Waals surface area contributed by atoms with E-state index in [9.17, 15) is 13.2 Å². The Hall–Kier alpha value is -2.21. The number of nitrogens with two attached hydrogens (primary N) is 2. The number of rotatable bonds is 3. The van der Waals surface area contributed by atoms with Crippen molar-refractivity contribution >= 4 is 5.69 Å². The van der Waals surface area contributed by atoms with Crippen molar-refractivity contribution in [3.8, 4) is 5.75 Å². The van der Waals surface area contributed by atoms with Gasteiger partial charge in [0.25, 0.3) is 0 Å². The molecule has 0 aliphatic heterocycles. The minimum Gasteiger partial charge on any atom is -0.406 e. The van der Waals surface area contributed by atoms with Crippen molar-refractivity contribution in [2.45, 2.75) is 12.4 Å². The first kappa shape index (κ1) is 14.2. The van der Waals surface area contributed by atoms with Crippen LogP contribution >= 0.6 is 0 Å². The average molecular weight is 282 g/mol. The third kappa shape index (κ3) is 3.64. The molecule has 0 radical (unpaired) electrons. The second-order valence-corrected chi connectivity index (χ2v) is 4.26. The minimum atomic E-state index is -4.70. The van der Waals surface area contributed by atoms with E-state index in [0.717, 1.165) is 5.56 Å². The second-order valence-electron chi connectivity index (χ2n) is 4.26. The third-order valence-corrected chi connectivity index (χ3v) is 2.74. The molecule has 0 heterocycles. The fourth-order valence-electron chi connectivity index (χ4n) is 1.82. The zero-order valence-electron chi connectivity index (χ0n) is 10.4. The summed E-state index contributed by atoms with van der Waals surface area (Å²) in [5.74, 6) is -0.277. The predicted octanol–water partition coefficient (Wildman–Crippen LogP) is 3.22. The Morgan fingerprint density at radius 3 is 2.15 bits per heavy atom. The predicted molar refractivity (Wildman–Crippen MR) is 70.0 cm³/mol. The quantitative estimate of drug-likeness (QED) is 0.850. The summed E-state index contributed by atoms with van der Waals surface area (Å²) in [4.78, 5) is 0.